The number of fused-ring (bicyclic) bond motifs is 5. The molecule has 0 saturated carbocycles. The van der Waals surface area contributed by atoms with Crippen LogP contribution in [-0.2, 0) is 17.9 Å². The average Bonchev–Trinajstić information content (AvgIpc) is 3.26. The topological polar surface area (TPSA) is 51.3 Å². The van der Waals surface area contributed by atoms with Crippen LogP contribution in [0.25, 0.3) is 65.2 Å². The summed E-state index contributed by atoms with van der Waals surface area (Å²) in [7, 11) is 2.13. The summed E-state index contributed by atoms with van der Waals surface area (Å²) in [6.07, 6.45) is 2.16. The molecule has 0 bridgehead atoms. The second-order valence-corrected chi connectivity index (χ2v) is 13.8. The molecule has 0 aliphatic heterocycles. The number of rotatable bonds is 1. The molecule has 0 atom stereocenters. The fraction of sp³-hybridized carbons (Fsp3) is 0.306. The van der Waals surface area contributed by atoms with Crippen LogP contribution in [0, 0.1) is 20.4 Å². The SMILES string of the molecule is [C-]#[N+]c1ccc2c3cc(C)c(C)c4c3n(c2c1)c1cc(-c2nc(C(C)(C)C)nc(C(C)(C)C)n2)cc2cc[n+](C)c4c21. The molecule has 0 saturated heterocycles. The van der Waals surface area contributed by atoms with Gasteiger partial charge in [0.25, 0.3) is 0 Å². The first-order valence-electron chi connectivity index (χ1n) is 14.5. The van der Waals surface area contributed by atoms with Crippen LogP contribution in [0.4, 0.5) is 5.69 Å². The lowest BCUT2D eigenvalue weighted by atomic mass is 9.92. The van der Waals surface area contributed by atoms with Crippen molar-refractivity contribution >= 4 is 54.7 Å². The van der Waals surface area contributed by atoms with Gasteiger partial charge >= 0.3 is 0 Å². The Hall–Kier alpha value is -4.63. The summed E-state index contributed by atoms with van der Waals surface area (Å²) in [5.74, 6) is 2.27. The van der Waals surface area contributed by atoms with Crippen molar-refractivity contribution < 1.29 is 4.57 Å². The Morgan fingerprint density at radius 3 is 2.12 bits per heavy atom. The third kappa shape index (κ3) is 3.62. The molecular formula is C36H35N6+. The molecule has 6 nitrogen and oxygen atoms in total. The van der Waals surface area contributed by atoms with E-state index in [9.17, 15) is 0 Å². The average molecular weight is 552 g/mol. The van der Waals surface area contributed by atoms with Gasteiger partial charge in [0.2, 0.25) is 5.52 Å². The summed E-state index contributed by atoms with van der Waals surface area (Å²) in [6.45, 7) is 25.0. The summed E-state index contributed by atoms with van der Waals surface area (Å²) in [6, 6.07) is 15.0. The van der Waals surface area contributed by atoms with Gasteiger partial charge in [-0.3, -0.25) is 0 Å². The van der Waals surface area contributed by atoms with Crippen molar-refractivity contribution in [2.75, 3.05) is 0 Å². The molecule has 7 aromatic rings. The quantitative estimate of drug-likeness (QED) is 0.0890. The van der Waals surface area contributed by atoms with Crippen molar-refractivity contribution in [1.29, 1.82) is 0 Å². The Bertz CT molecular complexity index is 2270. The first-order valence-corrected chi connectivity index (χ1v) is 14.5. The number of hydrogen-bond donors (Lipinski definition) is 0. The van der Waals surface area contributed by atoms with Crippen LogP contribution in [-0.4, -0.2) is 19.4 Å². The Kier molecular flexibility index (Phi) is 5.29. The van der Waals surface area contributed by atoms with Crippen LogP contribution in [0.15, 0.2) is 48.7 Å². The zero-order valence-corrected chi connectivity index (χ0v) is 25.8. The summed E-state index contributed by atoms with van der Waals surface area (Å²) < 4.78 is 4.62. The molecule has 0 spiro atoms. The minimum atomic E-state index is -0.225. The van der Waals surface area contributed by atoms with Gasteiger partial charge in [0.15, 0.2) is 17.7 Å². The third-order valence-electron chi connectivity index (χ3n) is 8.61. The Labute approximate surface area is 245 Å². The number of benzene rings is 3. The zero-order valence-electron chi connectivity index (χ0n) is 25.8. The molecule has 0 unspecified atom stereocenters. The molecule has 208 valence electrons. The lowest BCUT2D eigenvalue weighted by Gasteiger charge is -2.23. The van der Waals surface area contributed by atoms with Crippen molar-refractivity contribution in [2.24, 2.45) is 7.05 Å². The minimum absolute atomic E-state index is 0.225. The zero-order chi connectivity index (χ0) is 29.9. The number of pyridine rings is 2. The van der Waals surface area contributed by atoms with Crippen LogP contribution in [0.3, 0.4) is 0 Å². The summed E-state index contributed by atoms with van der Waals surface area (Å²) >= 11 is 0. The maximum atomic E-state index is 7.74. The van der Waals surface area contributed by atoms with E-state index in [1.54, 1.807) is 0 Å². The van der Waals surface area contributed by atoms with Gasteiger partial charge in [-0.05, 0) is 54.6 Å². The maximum Gasteiger partial charge on any atom is 0.224 e. The molecule has 0 aliphatic rings. The van der Waals surface area contributed by atoms with Gasteiger partial charge in [0, 0.05) is 38.7 Å². The number of aryl methyl sites for hydroxylation is 3. The molecule has 0 N–H and O–H groups in total. The van der Waals surface area contributed by atoms with Gasteiger partial charge < -0.3 is 4.40 Å². The smallest absolute Gasteiger partial charge is 0.224 e. The van der Waals surface area contributed by atoms with E-state index in [4.69, 9.17) is 21.5 Å². The number of nitrogens with zero attached hydrogens (tertiary/aromatic N) is 6. The van der Waals surface area contributed by atoms with Gasteiger partial charge in [0.05, 0.1) is 28.4 Å². The fourth-order valence-electron chi connectivity index (χ4n) is 6.27. The van der Waals surface area contributed by atoms with Crippen molar-refractivity contribution in [3.8, 4) is 11.4 Å². The molecule has 0 radical (unpaired) electrons. The molecule has 6 heteroatoms. The van der Waals surface area contributed by atoms with Crippen molar-refractivity contribution in [3.63, 3.8) is 0 Å². The molecule has 42 heavy (non-hydrogen) atoms. The Balaban J connectivity index is 1.73. The van der Waals surface area contributed by atoms with E-state index in [0.29, 0.717) is 11.5 Å². The highest BCUT2D eigenvalue weighted by Crippen LogP contribution is 2.43. The van der Waals surface area contributed by atoms with Crippen LogP contribution < -0.4 is 4.57 Å². The lowest BCUT2D eigenvalue weighted by molar-refractivity contribution is -0.643. The molecule has 0 amide bonds. The standard InChI is InChI=1S/C36H35N6/c1-19-15-25-24-12-11-23(37-9)18-26(24)42-27-17-22(32-38-33(35(3,4)5)40-34(39-32)36(6,7)8)16-21-13-14-41(10)31(29(21)27)28(20(19)2)30(25)42/h11-18H,1-8,10H3/q+1. The van der Waals surface area contributed by atoms with E-state index in [1.165, 1.54) is 38.3 Å². The predicted octanol–water partition coefficient (Wildman–Crippen LogP) is 8.43. The van der Waals surface area contributed by atoms with E-state index >= 15 is 0 Å². The molecule has 4 heterocycles. The first kappa shape index (κ1) is 26.3. The highest BCUT2D eigenvalue weighted by Gasteiger charge is 2.28. The first-order chi connectivity index (χ1) is 19.8. The van der Waals surface area contributed by atoms with Crippen molar-refractivity contribution in [1.82, 2.24) is 19.4 Å². The Morgan fingerprint density at radius 2 is 1.48 bits per heavy atom. The summed E-state index contributed by atoms with van der Waals surface area (Å²) in [5, 5.41) is 5.94. The Morgan fingerprint density at radius 1 is 0.786 bits per heavy atom. The van der Waals surface area contributed by atoms with Crippen molar-refractivity contribution in [2.45, 2.75) is 66.2 Å². The van der Waals surface area contributed by atoms with E-state index in [2.05, 4.69) is 113 Å². The van der Waals surface area contributed by atoms with E-state index in [1.807, 2.05) is 12.1 Å². The molecule has 0 fully saturated rings. The monoisotopic (exact) mass is 551 g/mol. The molecule has 4 aromatic heterocycles. The summed E-state index contributed by atoms with van der Waals surface area (Å²) in [5.41, 5.74) is 8.20. The normalized spacial score (nSPS) is 12.9. The highest BCUT2D eigenvalue weighted by atomic mass is 15.1. The third-order valence-corrected chi connectivity index (χ3v) is 8.61. The number of hydrogen-bond acceptors (Lipinski definition) is 3. The van der Waals surface area contributed by atoms with Gasteiger partial charge in [-0.15, -0.1) is 0 Å². The van der Waals surface area contributed by atoms with E-state index in [0.717, 1.165) is 39.0 Å². The van der Waals surface area contributed by atoms with Crippen LogP contribution in [0.2, 0.25) is 0 Å². The molecule has 7 rings (SSSR count). The molecule has 0 aliphatic carbocycles. The van der Waals surface area contributed by atoms with Crippen LogP contribution in [0.1, 0.15) is 64.3 Å². The van der Waals surface area contributed by atoms with E-state index in [-0.39, 0.29) is 10.8 Å². The van der Waals surface area contributed by atoms with E-state index < -0.39 is 0 Å². The van der Waals surface area contributed by atoms with Crippen LogP contribution >= 0.6 is 0 Å². The minimum Gasteiger partial charge on any atom is -0.309 e. The van der Waals surface area contributed by atoms with Gasteiger partial charge in [0.1, 0.15) is 18.7 Å². The number of aromatic nitrogens is 5. The molecular weight excluding hydrogens is 516 g/mol. The van der Waals surface area contributed by atoms with Crippen LogP contribution in [0.5, 0.6) is 0 Å². The second-order valence-electron chi connectivity index (χ2n) is 13.8. The van der Waals surface area contributed by atoms with Gasteiger partial charge in [-0.1, -0.05) is 53.7 Å². The molecule has 3 aromatic carbocycles. The van der Waals surface area contributed by atoms with Crippen molar-refractivity contribution in [3.05, 3.63) is 82.9 Å². The maximum absolute atomic E-state index is 7.74. The highest BCUT2D eigenvalue weighted by molar-refractivity contribution is 6.26. The van der Waals surface area contributed by atoms with Gasteiger partial charge in [-0.2, -0.15) is 0 Å². The summed E-state index contributed by atoms with van der Waals surface area (Å²) in [4.78, 5) is 18.8. The second kappa shape index (κ2) is 8.45. The lowest BCUT2D eigenvalue weighted by Crippen LogP contribution is -2.29. The predicted molar refractivity (Wildman–Crippen MR) is 172 cm³/mol. The fourth-order valence-corrected chi connectivity index (χ4v) is 6.27. The van der Waals surface area contributed by atoms with Gasteiger partial charge in [-0.25, -0.2) is 24.4 Å². The largest absolute Gasteiger partial charge is 0.309 e.